The molecule has 2 rings (SSSR count). The van der Waals surface area contributed by atoms with Crippen LogP contribution in [0.25, 0.3) is 0 Å². The number of aryl methyl sites for hydroxylation is 1. The third kappa shape index (κ3) is 4.58. The van der Waals surface area contributed by atoms with Crippen LogP contribution in [0.1, 0.15) is 29.6 Å². The predicted molar refractivity (Wildman–Crippen MR) is 87.3 cm³/mol. The minimum absolute atomic E-state index is 0.515. The molecule has 0 saturated carbocycles. The number of thiazole rings is 1. The van der Waals surface area contributed by atoms with Gasteiger partial charge >= 0.3 is 0 Å². The SMILES string of the molecule is CCCNCc1nc(COc2cc(Br)ccc2C)cs1. The molecular weight excluding hydrogens is 336 g/mol. The molecule has 0 bridgehead atoms. The van der Waals surface area contributed by atoms with Gasteiger partial charge in [0.25, 0.3) is 0 Å². The Balaban J connectivity index is 1.89. The van der Waals surface area contributed by atoms with E-state index in [4.69, 9.17) is 4.74 Å². The Morgan fingerprint density at radius 1 is 1.40 bits per heavy atom. The Morgan fingerprint density at radius 2 is 2.25 bits per heavy atom. The highest BCUT2D eigenvalue weighted by atomic mass is 79.9. The van der Waals surface area contributed by atoms with E-state index in [0.717, 1.165) is 46.0 Å². The minimum Gasteiger partial charge on any atom is -0.487 e. The number of aromatic nitrogens is 1. The molecule has 0 spiro atoms. The Bertz CT molecular complexity index is 557. The first-order valence-electron chi connectivity index (χ1n) is 6.72. The van der Waals surface area contributed by atoms with Gasteiger partial charge in [0.15, 0.2) is 0 Å². The summed E-state index contributed by atoms with van der Waals surface area (Å²) in [7, 11) is 0. The maximum atomic E-state index is 5.84. The van der Waals surface area contributed by atoms with Crippen molar-refractivity contribution in [1.29, 1.82) is 0 Å². The molecule has 1 N–H and O–H groups in total. The van der Waals surface area contributed by atoms with Crippen LogP contribution in [-0.2, 0) is 13.2 Å². The summed E-state index contributed by atoms with van der Waals surface area (Å²) in [6.07, 6.45) is 1.14. The van der Waals surface area contributed by atoms with E-state index < -0.39 is 0 Å². The van der Waals surface area contributed by atoms with E-state index in [9.17, 15) is 0 Å². The fourth-order valence-corrected chi connectivity index (χ4v) is 2.84. The van der Waals surface area contributed by atoms with Gasteiger partial charge in [-0.2, -0.15) is 0 Å². The molecule has 3 nitrogen and oxygen atoms in total. The molecule has 5 heteroatoms. The maximum absolute atomic E-state index is 5.84. The molecule has 2 aromatic rings. The normalized spacial score (nSPS) is 10.8. The highest BCUT2D eigenvalue weighted by molar-refractivity contribution is 9.10. The molecule has 1 heterocycles. The van der Waals surface area contributed by atoms with Crippen LogP contribution < -0.4 is 10.1 Å². The van der Waals surface area contributed by atoms with Crippen LogP contribution in [-0.4, -0.2) is 11.5 Å². The van der Waals surface area contributed by atoms with E-state index in [0.29, 0.717) is 6.61 Å². The average Bonchev–Trinajstić information content (AvgIpc) is 2.88. The van der Waals surface area contributed by atoms with Crippen LogP contribution in [0, 0.1) is 6.92 Å². The second-order valence-corrected chi connectivity index (χ2v) is 6.47. The predicted octanol–water partition coefficient (Wildman–Crippen LogP) is 4.29. The number of hydrogen-bond donors (Lipinski definition) is 1. The molecule has 0 fully saturated rings. The molecule has 0 saturated heterocycles. The number of rotatable bonds is 7. The average molecular weight is 355 g/mol. The minimum atomic E-state index is 0.515. The first kappa shape index (κ1) is 15.5. The fraction of sp³-hybridized carbons (Fsp3) is 0.400. The van der Waals surface area contributed by atoms with Gasteiger partial charge in [0.2, 0.25) is 0 Å². The van der Waals surface area contributed by atoms with Crippen molar-refractivity contribution in [3.8, 4) is 5.75 Å². The first-order chi connectivity index (χ1) is 9.69. The van der Waals surface area contributed by atoms with Crippen molar-refractivity contribution in [1.82, 2.24) is 10.3 Å². The van der Waals surface area contributed by atoms with Crippen LogP contribution in [0.15, 0.2) is 28.1 Å². The summed E-state index contributed by atoms with van der Waals surface area (Å²) in [5.41, 5.74) is 2.12. The highest BCUT2D eigenvalue weighted by Crippen LogP contribution is 2.24. The maximum Gasteiger partial charge on any atom is 0.131 e. The Hall–Kier alpha value is -0.910. The molecule has 20 heavy (non-hydrogen) atoms. The molecule has 1 aromatic heterocycles. The van der Waals surface area contributed by atoms with Crippen molar-refractivity contribution >= 4 is 27.3 Å². The van der Waals surface area contributed by atoms with E-state index in [1.54, 1.807) is 11.3 Å². The van der Waals surface area contributed by atoms with Gasteiger partial charge in [-0.15, -0.1) is 11.3 Å². The Labute approximate surface area is 132 Å². The van der Waals surface area contributed by atoms with Gasteiger partial charge in [-0.3, -0.25) is 0 Å². The molecule has 0 aliphatic carbocycles. The summed E-state index contributed by atoms with van der Waals surface area (Å²) < 4.78 is 6.86. The summed E-state index contributed by atoms with van der Waals surface area (Å²) in [4.78, 5) is 4.57. The van der Waals surface area contributed by atoms with Crippen molar-refractivity contribution in [2.75, 3.05) is 6.54 Å². The van der Waals surface area contributed by atoms with E-state index in [2.05, 4.69) is 38.5 Å². The van der Waals surface area contributed by atoms with Gasteiger partial charge in [0.1, 0.15) is 17.4 Å². The molecule has 0 aliphatic heterocycles. The lowest BCUT2D eigenvalue weighted by Crippen LogP contribution is -2.13. The topological polar surface area (TPSA) is 34.2 Å². The van der Waals surface area contributed by atoms with E-state index in [-0.39, 0.29) is 0 Å². The number of nitrogens with one attached hydrogen (secondary N) is 1. The summed E-state index contributed by atoms with van der Waals surface area (Å²) in [6.45, 7) is 6.59. The van der Waals surface area contributed by atoms with Crippen molar-refractivity contribution in [3.05, 3.63) is 44.3 Å². The zero-order valence-corrected chi connectivity index (χ0v) is 14.2. The van der Waals surface area contributed by atoms with Crippen LogP contribution in [0.5, 0.6) is 5.75 Å². The summed E-state index contributed by atoms with van der Waals surface area (Å²) in [6, 6.07) is 6.05. The lowest BCUT2D eigenvalue weighted by molar-refractivity contribution is 0.299. The molecule has 1 aromatic carbocycles. The van der Waals surface area contributed by atoms with E-state index in [1.165, 1.54) is 0 Å². The van der Waals surface area contributed by atoms with E-state index >= 15 is 0 Å². The molecular formula is C15H19BrN2OS. The molecule has 0 aliphatic rings. The van der Waals surface area contributed by atoms with Crippen molar-refractivity contribution in [2.45, 2.75) is 33.4 Å². The summed E-state index contributed by atoms with van der Waals surface area (Å²) in [5.74, 6) is 0.901. The van der Waals surface area contributed by atoms with E-state index in [1.807, 2.05) is 25.1 Å². The molecule has 0 radical (unpaired) electrons. The monoisotopic (exact) mass is 354 g/mol. The third-order valence-corrected chi connectivity index (χ3v) is 4.22. The van der Waals surface area contributed by atoms with Crippen molar-refractivity contribution in [2.24, 2.45) is 0 Å². The lowest BCUT2D eigenvalue weighted by atomic mass is 10.2. The van der Waals surface area contributed by atoms with Crippen molar-refractivity contribution < 1.29 is 4.74 Å². The highest BCUT2D eigenvalue weighted by Gasteiger charge is 2.05. The van der Waals surface area contributed by atoms with Crippen LogP contribution in [0.4, 0.5) is 0 Å². The Morgan fingerprint density at radius 3 is 3.05 bits per heavy atom. The first-order valence-corrected chi connectivity index (χ1v) is 8.39. The smallest absolute Gasteiger partial charge is 0.131 e. The van der Waals surface area contributed by atoms with Crippen molar-refractivity contribution in [3.63, 3.8) is 0 Å². The van der Waals surface area contributed by atoms with Gasteiger partial charge in [0.05, 0.1) is 5.69 Å². The van der Waals surface area contributed by atoms with Gasteiger partial charge < -0.3 is 10.1 Å². The fourth-order valence-electron chi connectivity index (χ4n) is 1.75. The van der Waals surface area contributed by atoms with Crippen LogP contribution in [0.2, 0.25) is 0 Å². The second-order valence-electron chi connectivity index (χ2n) is 4.61. The summed E-state index contributed by atoms with van der Waals surface area (Å²) in [5, 5.41) is 6.54. The standard InChI is InChI=1S/C15H19BrN2OS/c1-3-6-17-8-15-18-13(10-20-15)9-19-14-7-12(16)5-4-11(14)2/h4-5,7,10,17H,3,6,8-9H2,1-2H3. The third-order valence-electron chi connectivity index (χ3n) is 2.83. The Kier molecular flexibility index (Phi) is 6.01. The summed E-state index contributed by atoms with van der Waals surface area (Å²) >= 11 is 5.14. The molecule has 0 unspecified atom stereocenters. The number of benzene rings is 1. The molecule has 0 amide bonds. The zero-order chi connectivity index (χ0) is 14.4. The van der Waals surface area contributed by atoms with Gasteiger partial charge in [-0.25, -0.2) is 4.98 Å². The quantitative estimate of drug-likeness (QED) is 0.753. The number of hydrogen-bond acceptors (Lipinski definition) is 4. The largest absolute Gasteiger partial charge is 0.487 e. The number of ether oxygens (including phenoxy) is 1. The van der Waals surface area contributed by atoms with Gasteiger partial charge in [0, 0.05) is 16.4 Å². The van der Waals surface area contributed by atoms with Gasteiger partial charge in [-0.05, 0) is 37.6 Å². The number of halogens is 1. The second kappa shape index (κ2) is 7.76. The number of nitrogens with zero attached hydrogens (tertiary/aromatic N) is 1. The lowest BCUT2D eigenvalue weighted by Gasteiger charge is -2.08. The van der Waals surface area contributed by atoms with Gasteiger partial charge in [-0.1, -0.05) is 28.9 Å². The molecule has 108 valence electrons. The zero-order valence-electron chi connectivity index (χ0n) is 11.8. The van der Waals surface area contributed by atoms with Crippen LogP contribution >= 0.6 is 27.3 Å². The van der Waals surface area contributed by atoms with Crippen LogP contribution in [0.3, 0.4) is 0 Å². The molecule has 0 atom stereocenters.